The Balaban J connectivity index is 1.70. The number of unbranched alkanes of at least 4 members (excludes halogenated alkanes) is 1. The zero-order valence-electron chi connectivity index (χ0n) is 15.9. The van der Waals surface area contributed by atoms with Gasteiger partial charge in [0.1, 0.15) is 0 Å². The number of guanidine groups is 1. The maximum absolute atomic E-state index is 6.22. The molecule has 0 aromatic heterocycles. The van der Waals surface area contributed by atoms with E-state index in [2.05, 4.69) is 39.4 Å². The van der Waals surface area contributed by atoms with Crippen LogP contribution in [0.25, 0.3) is 0 Å². The van der Waals surface area contributed by atoms with E-state index in [0.717, 1.165) is 31.0 Å². The average Bonchev–Trinajstić information content (AvgIpc) is 2.62. The predicted molar refractivity (Wildman–Crippen MR) is 112 cm³/mol. The van der Waals surface area contributed by atoms with E-state index in [9.17, 15) is 0 Å². The molecule has 0 aliphatic carbocycles. The predicted octanol–water partition coefficient (Wildman–Crippen LogP) is 3.08. The molecule has 0 amide bonds. The Morgan fingerprint density at radius 3 is 2.58 bits per heavy atom. The third-order valence-corrected chi connectivity index (χ3v) is 5.14. The zero-order valence-corrected chi connectivity index (χ0v) is 17.4. The summed E-state index contributed by atoms with van der Waals surface area (Å²) < 4.78 is 0. The summed E-state index contributed by atoms with van der Waals surface area (Å²) >= 11 is 12.2. The molecule has 0 saturated carbocycles. The molecule has 0 spiro atoms. The molecule has 1 saturated heterocycles. The highest BCUT2D eigenvalue weighted by Crippen LogP contribution is 2.21. The van der Waals surface area contributed by atoms with E-state index in [1.807, 2.05) is 12.1 Å². The summed E-state index contributed by atoms with van der Waals surface area (Å²) in [4.78, 5) is 9.57. The summed E-state index contributed by atoms with van der Waals surface area (Å²) in [6, 6.07) is 5.53. The Hall–Kier alpha value is -1.01. The molecule has 26 heavy (non-hydrogen) atoms. The number of piperazine rings is 1. The van der Waals surface area contributed by atoms with Crippen molar-refractivity contribution in [3.05, 3.63) is 33.8 Å². The van der Waals surface area contributed by atoms with E-state index >= 15 is 0 Å². The molecule has 2 rings (SSSR count). The minimum atomic E-state index is 0.534. The Kier molecular flexibility index (Phi) is 9.54. The summed E-state index contributed by atoms with van der Waals surface area (Å²) in [5.41, 5.74) is 0.975. The molecule has 0 bridgehead atoms. The van der Waals surface area contributed by atoms with Gasteiger partial charge in [0, 0.05) is 49.3 Å². The molecular formula is C19H31Cl2N5. The second-order valence-electron chi connectivity index (χ2n) is 6.71. The summed E-state index contributed by atoms with van der Waals surface area (Å²) in [5, 5.41) is 8.00. The maximum atomic E-state index is 6.22. The van der Waals surface area contributed by atoms with Crippen molar-refractivity contribution in [1.29, 1.82) is 0 Å². The summed E-state index contributed by atoms with van der Waals surface area (Å²) in [6.07, 6.45) is 2.34. The van der Waals surface area contributed by atoms with Gasteiger partial charge >= 0.3 is 0 Å². The normalized spacial score (nSPS) is 16.7. The largest absolute Gasteiger partial charge is 0.357 e. The topological polar surface area (TPSA) is 42.9 Å². The first-order valence-corrected chi connectivity index (χ1v) is 10.2. The standard InChI is InChI=1S/C19H31Cl2N5/c1-3-22-19(24-15-16-6-7-17(20)14-18(16)21)23-8-4-5-9-26-12-10-25(2)11-13-26/h6-7,14H,3-5,8-13,15H2,1-2H3,(H2,22,23,24). The lowest BCUT2D eigenvalue weighted by Crippen LogP contribution is -2.44. The highest BCUT2D eigenvalue weighted by Gasteiger charge is 2.12. The van der Waals surface area contributed by atoms with Gasteiger partial charge in [0.05, 0.1) is 6.54 Å². The van der Waals surface area contributed by atoms with Crippen LogP contribution < -0.4 is 10.6 Å². The summed E-state index contributed by atoms with van der Waals surface area (Å²) in [6.45, 7) is 10.3. The number of hydrogen-bond donors (Lipinski definition) is 2. The lowest BCUT2D eigenvalue weighted by Gasteiger charge is -2.32. The van der Waals surface area contributed by atoms with Crippen LogP contribution in [-0.4, -0.2) is 68.6 Å². The van der Waals surface area contributed by atoms with Crippen LogP contribution in [0.2, 0.25) is 10.0 Å². The number of nitrogens with zero attached hydrogens (tertiary/aromatic N) is 3. The van der Waals surface area contributed by atoms with Gasteiger partial charge in [-0.25, -0.2) is 4.99 Å². The minimum absolute atomic E-state index is 0.534. The van der Waals surface area contributed by atoms with Gasteiger partial charge in [0.25, 0.3) is 0 Å². The van der Waals surface area contributed by atoms with Gasteiger partial charge in [-0.2, -0.15) is 0 Å². The lowest BCUT2D eigenvalue weighted by atomic mass is 10.2. The lowest BCUT2D eigenvalue weighted by molar-refractivity contribution is 0.152. The fraction of sp³-hybridized carbons (Fsp3) is 0.632. The Bertz CT molecular complexity index is 571. The van der Waals surface area contributed by atoms with Crippen LogP contribution in [0, 0.1) is 0 Å². The van der Waals surface area contributed by atoms with Crippen molar-refractivity contribution in [3.8, 4) is 0 Å². The number of benzene rings is 1. The molecule has 146 valence electrons. The zero-order chi connectivity index (χ0) is 18.8. The van der Waals surface area contributed by atoms with Crippen LogP contribution in [0.15, 0.2) is 23.2 Å². The van der Waals surface area contributed by atoms with Gasteiger partial charge in [0.2, 0.25) is 0 Å². The van der Waals surface area contributed by atoms with E-state index < -0.39 is 0 Å². The molecule has 0 atom stereocenters. The van der Waals surface area contributed by atoms with Crippen molar-refractivity contribution in [3.63, 3.8) is 0 Å². The van der Waals surface area contributed by atoms with Crippen LogP contribution in [0.5, 0.6) is 0 Å². The van der Waals surface area contributed by atoms with Gasteiger partial charge in [-0.15, -0.1) is 0 Å². The molecule has 1 fully saturated rings. The Morgan fingerprint density at radius 2 is 1.88 bits per heavy atom. The van der Waals surface area contributed by atoms with E-state index in [1.54, 1.807) is 6.07 Å². The molecule has 1 heterocycles. The van der Waals surface area contributed by atoms with Crippen molar-refractivity contribution in [2.75, 3.05) is 52.9 Å². The molecule has 1 aliphatic heterocycles. The van der Waals surface area contributed by atoms with E-state index in [1.165, 1.54) is 39.1 Å². The van der Waals surface area contributed by atoms with Crippen molar-refractivity contribution >= 4 is 29.2 Å². The number of halogens is 2. The second-order valence-corrected chi connectivity index (χ2v) is 7.55. The number of rotatable bonds is 8. The number of hydrogen-bond acceptors (Lipinski definition) is 3. The van der Waals surface area contributed by atoms with Crippen molar-refractivity contribution in [1.82, 2.24) is 20.4 Å². The van der Waals surface area contributed by atoms with Crippen LogP contribution in [0.1, 0.15) is 25.3 Å². The van der Waals surface area contributed by atoms with Gasteiger partial charge < -0.3 is 20.4 Å². The first-order valence-electron chi connectivity index (χ1n) is 9.45. The van der Waals surface area contributed by atoms with Gasteiger partial charge in [0.15, 0.2) is 5.96 Å². The molecule has 2 N–H and O–H groups in total. The van der Waals surface area contributed by atoms with Crippen LogP contribution in [0.4, 0.5) is 0 Å². The third-order valence-electron chi connectivity index (χ3n) is 4.56. The van der Waals surface area contributed by atoms with Gasteiger partial charge in [-0.05, 0) is 51.1 Å². The smallest absolute Gasteiger partial charge is 0.191 e. The first-order chi connectivity index (χ1) is 12.6. The average molecular weight is 400 g/mol. The van der Waals surface area contributed by atoms with E-state index in [0.29, 0.717) is 16.6 Å². The maximum Gasteiger partial charge on any atom is 0.191 e. The monoisotopic (exact) mass is 399 g/mol. The number of aliphatic imine (C=N–C) groups is 1. The minimum Gasteiger partial charge on any atom is -0.357 e. The molecule has 0 unspecified atom stereocenters. The summed E-state index contributed by atoms with van der Waals surface area (Å²) in [7, 11) is 2.19. The molecule has 7 heteroatoms. The fourth-order valence-corrected chi connectivity index (χ4v) is 3.36. The third kappa shape index (κ3) is 7.70. The van der Waals surface area contributed by atoms with Crippen molar-refractivity contribution in [2.24, 2.45) is 4.99 Å². The van der Waals surface area contributed by atoms with Crippen LogP contribution in [-0.2, 0) is 6.54 Å². The molecule has 1 aromatic rings. The number of nitrogens with one attached hydrogen (secondary N) is 2. The Labute approximate surface area is 167 Å². The molecule has 1 aliphatic rings. The van der Waals surface area contributed by atoms with Crippen molar-refractivity contribution in [2.45, 2.75) is 26.3 Å². The van der Waals surface area contributed by atoms with E-state index in [-0.39, 0.29) is 0 Å². The fourth-order valence-electron chi connectivity index (χ4n) is 2.89. The van der Waals surface area contributed by atoms with E-state index in [4.69, 9.17) is 23.2 Å². The molecule has 0 radical (unpaired) electrons. The highest BCUT2D eigenvalue weighted by atomic mass is 35.5. The van der Waals surface area contributed by atoms with Crippen LogP contribution in [0.3, 0.4) is 0 Å². The van der Waals surface area contributed by atoms with Gasteiger partial charge in [-0.1, -0.05) is 29.3 Å². The number of likely N-dealkylation sites (N-methyl/N-ethyl adjacent to an activating group) is 1. The first kappa shape index (κ1) is 21.3. The highest BCUT2D eigenvalue weighted by molar-refractivity contribution is 6.35. The van der Waals surface area contributed by atoms with Gasteiger partial charge in [-0.3, -0.25) is 0 Å². The second kappa shape index (κ2) is 11.7. The van der Waals surface area contributed by atoms with Crippen molar-refractivity contribution < 1.29 is 0 Å². The quantitative estimate of drug-likeness (QED) is 0.400. The molecular weight excluding hydrogens is 369 g/mol. The molecule has 5 nitrogen and oxygen atoms in total. The summed E-state index contributed by atoms with van der Waals surface area (Å²) in [5.74, 6) is 0.832. The molecule has 1 aromatic carbocycles. The SMILES string of the molecule is CCNC(=NCc1ccc(Cl)cc1Cl)NCCCCN1CCN(C)CC1. The van der Waals surface area contributed by atoms with Crippen LogP contribution >= 0.6 is 23.2 Å². The Morgan fingerprint density at radius 1 is 1.12 bits per heavy atom.